The molecule has 4 aromatic carbocycles. The van der Waals surface area contributed by atoms with Crippen molar-refractivity contribution in [2.45, 2.75) is 55.1 Å². The molecule has 4 aromatic rings. The minimum absolute atomic E-state index is 0.0174. The number of esters is 1. The summed E-state index contributed by atoms with van der Waals surface area (Å²) in [6.07, 6.45) is 8.11. The molecule has 346 valence electrons. The third kappa shape index (κ3) is 12.2. The van der Waals surface area contributed by atoms with Crippen LogP contribution in [-0.4, -0.2) is 125 Å². The smallest absolute Gasteiger partial charge is 0.304 e. The third-order valence-corrected chi connectivity index (χ3v) is 15.0. The van der Waals surface area contributed by atoms with Crippen molar-refractivity contribution in [1.82, 2.24) is 22.1 Å². The Kier molecular flexibility index (Phi) is 18.4. The van der Waals surface area contributed by atoms with Gasteiger partial charge in [-0.1, -0.05) is 114 Å². The number of amides is 6. The molecule has 4 fully saturated rings. The average Bonchev–Trinajstić information content (AvgIpc) is 3.58. The molecule has 13 nitrogen and oxygen atoms in total. The number of carbonyl (C=O) groups excluding carboxylic acids is 7. The maximum atomic E-state index is 12.7. The van der Waals surface area contributed by atoms with Gasteiger partial charge in [0.15, 0.2) is 12.3 Å². The molecular formula is C49H47N5O8S5. The Morgan fingerprint density at radius 2 is 1.10 bits per heavy atom. The summed E-state index contributed by atoms with van der Waals surface area (Å²) in [6.45, 7) is 2.28. The van der Waals surface area contributed by atoms with Crippen LogP contribution in [0.2, 0.25) is 0 Å². The zero-order valence-electron chi connectivity index (χ0n) is 37.2. The minimum Gasteiger partial charge on any atom is -0.440 e. The highest BCUT2D eigenvalue weighted by Gasteiger charge is 2.56. The Morgan fingerprint density at radius 1 is 0.612 bits per heavy atom. The van der Waals surface area contributed by atoms with Gasteiger partial charge < -0.3 is 4.74 Å². The third-order valence-electron chi connectivity index (χ3n) is 10.5. The van der Waals surface area contributed by atoms with E-state index in [4.69, 9.17) is 4.74 Å². The number of hydrogen-bond acceptors (Lipinski definition) is 13. The van der Waals surface area contributed by atoms with E-state index >= 15 is 0 Å². The largest absolute Gasteiger partial charge is 0.440 e. The van der Waals surface area contributed by atoms with Crippen molar-refractivity contribution in [3.8, 4) is 23.7 Å². The number of thioether (sulfide) groups is 1. The zero-order chi connectivity index (χ0) is 48.0. The van der Waals surface area contributed by atoms with Crippen LogP contribution in [0.15, 0.2) is 115 Å². The van der Waals surface area contributed by atoms with Gasteiger partial charge in [0.2, 0.25) is 17.7 Å². The lowest BCUT2D eigenvalue weighted by atomic mass is 9.97. The first kappa shape index (κ1) is 50.6. The van der Waals surface area contributed by atoms with Crippen LogP contribution in [0.4, 0.5) is 0 Å². The van der Waals surface area contributed by atoms with E-state index in [1.807, 2.05) is 91.4 Å². The monoisotopic (exact) mass is 993 g/mol. The van der Waals surface area contributed by atoms with Crippen molar-refractivity contribution in [2.75, 3.05) is 31.6 Å². The summed E-state index contributed by atoms with van der Waals surface area (Å²) in [5.41, 5.74) is 3.71. The summed E-state index contributed by atoms with van der Waals surface area (Å²) in [7, 11) is 0. The summed E-state index contributed by atoms with van der Waals surface area (Å²) in [5, 5.41) is -0.0705. The SMILES string of the molecule is CSN1C(=O)CC1OC(C)=O.CSN1C(=O)[C@@H](SCc2ccccc2)[C@@H]1C#Cc1ccccc1.CSN1C(=O)[C@H](N2C(=O)c3ccccc3C2=O)[C@@H]1C#Cc1ccccc1.CSN1CCC1=O. The van der Waals surface area contributed by atoms with Crippen LogP contribution in [0.1, 0.15) is 57.2 Å². The molecule has 0 saturated carbocycles. The van der Waals surface area contributed by atoms with Crippen molar-refractivity contribution < 1.29 is 38.3 Å². The number of hydrogen-bond donors (Lipinski definition) is 0. The van der Waals surface area contributed by atoms with E-state index in [1.165, 1.54) is 68.9 Å². The van der Waals surface area contributed by atoms with Crippen molar-refractivity contribution in [3.63, 3.8) is 0 Å². The normalized spacial score (nSPS) is 20.8. The number of imide groups is 1. The number of benzene rings is 4. The zero-order valence-corrected chi connectivity index (χ0v) is 41.3. The molecule has 6 amide bonds. The van der Waals surface area contributed by atoms with Gasteiger partial charge in [-0.15, -0.1) is 11.8 Å². The number of fused-ring (bicyclic) bond motifs is 1. The number of nitrogens with zero attached hydrogens (tertiary/aromatic N) is 5. The van der Waals surface area contributed by atoms with Gasteiger partial charge in [-0.2, -0.15) is 0 Å². The predicted octanol–water partition coefficient (Wildman–Crippen LogP) is 6.90. The molecule has 4 saturated heterocycles. The average molecular weight is 994 g/mol. The molecule has 18 heteroatoms. The van der Waals surface area contributed by atoms with Crippen molar-refractivity contribution >= 4 is 101 Å². The van der Waals surface area contributed by atoms with Crippen LogP contribution in [0.25, 0.3) is 0 Å². The number of carbonyl (C=O) groups is 7. The molecule has 0 radical (unpaired) electrons. The molecule has 0 spiro atoms. The molecule has 5 heterocycles. The highest BCUT2D eigenvalue weighted by Crippen LogP contribution is 2.37. The highest BCUT2D eigenvalue weighted by atomic mass is 32.2. The second kappa shape index (κ2) is 24.3. The van der Waals surface area contributed by atoms with Gasteiger partial charge >= 0.3 is 5.97 Å². The molecule has 0 aliphatic carbocycles. The van der Waals surface area contributed by atoms with E-state index in [0.717, 1.165) is 34.7 Å². The predicted molar refractivity (Wildman–Crippen MR) is 268 cm³/mol. The first-order chi connectivity index (χ1) is 32.4. The molecule has 67 heavy (non-hydrogen) atoms. The Hall–Kier alpha value is -5.76. The van der Waals surface area contributed by atoms with E-state index < -0.39 is 23.9 Å². The number of rotatable bonds is 9. The lowest BCUT2D eigenvalue weighted by molar-refractivity contribution is -0.169. The molecule has 0 N–H and O–H groups in total. The Labute approximate surface area is 412 Å². The van der Waals surface area contributed by atoms with E-state index in [2.05, 4.69) is 35.8 Å². The van der Waals surface area contributed by atoms with E-state index in [9.17, 15) is 33.6 Å². The molecule has 5 atom stereocenters. The Morgan fingerprint density at radius 3 is 1.54 bits per heavy atom. The second-order valence-corrected chi connectivity index (χ2v) is 18.9. The van der Waals surface area contributed by atoms with Crippen LogP contribution >= 0.6 is 59.6 Å². The molecule has 5 aliphatic rings. The topological polar surface area (TPSA) is 145 Å². The fraction of sp³-hybridized carbons (Fsp3) is 0.286. The molecule has 9 rings (SSSR count). The maximum absolute atomic E-state index is 12.7. The molecular weight excluding hydrogens is 947 g/mol. The summed E-state index contributed by atoms with van der Waals surface area (Å²) in [5.74, 6) is 12.3. The maximum Gasteiger partial charge on any atom is 0.304 e. The fourth-order valence-electron chi connectivity index (χ4n) is 6.92. The Bertz CT molecular complexity index is 2550. The van der Waals surface area contributed by atoms with Gasteiger partial charge in [0.05, 0.1) is 17.5 Å². The fourth-order valence-corrected chi connectivity index (χ4v) is 10.8. The van der Waals surface area contributed by atoms with Gasteiger partial charge in [-0.25, -0.2) is 4.31 Å². The number of ether oxygens (including phenoxy) is 1. The van der Waals surface area contributed by atoms with E-state index in [1.54, 1.807) is 57.1 Å². The summed E-state index contributed by atoms with van der Waals surface area (Å²) < 4.78 is 11.3. The molecule has 5 aliphatic heterocycles. The Balaban J connectivity index is 0.000000163. The summed E-state index contributed by atoms with van der Waals surface area (Å²) >= 11 is 7.16. The summed E-state index contributed by atoms with van der Waals surface area (Å²) in [4.78, 5) is 82.8. The second-order valence-electron chi connectivity index (χ2n) is 14.6. The lowest BCUT2D eigenvalue weighted by Crippen LogP contribution is -2.68. The van der Waals surface area contributed by atoms with Gasteiger partial charge in [-0.05, 0) is 77.8 Å². The van der Waals surface area contributed by atoms with Crippen molar-refractivity contribution in [1.29, 1.82) is 0 Å². The first-order valence-corrected chi connectivity index (χ1v) is 26.6. The highest BCUT2D eigenvalue weighted by molar-refractivity contribution is 8.01. The first-order valence-electron chi connectivity index (χ1n) is 20.8. The number of β-lactam (4-membered cyclic amide) rings is 4. The van der Waals surface area contributed by atoms with Crippen LogP contribution in [0.5, 0.6) is 0 Å². The minimum atomic E-state index is -0.883. The van der Waals surface area contributed by atoms with Gasteiger partial charge in [0.25, 0.3) is 17.7 Å². The molecule has 0 aromatic heterocycles. The van der Waals surface area contributed by atoms with E-state index in [-0.39, 0.29) is 47.1 Å². The van der Waals surface area contributed by atoms with Crippen molar-refractivity contribution in [3.05, 3.63) is 143 Å². The summed E-state index contributed by atoms with van der Waals surface area (Å²) in [6, 6.07) is 34.7. The van der Waals surface area contributed by atoms with Gasteiger partial charge in [-0.3, -0.25) is 51.4 Å². The quantitative estimate of drug-likeness (QED) is 0.0564. The molecule has 1 unspecified atom stereocenters. The van der Waals surface area contributed by atoms with Crippen LogP contribution in [0.3, 0.4) is 0 Å². The van der Waals surface area contributed by atoms with Crippen LogP contribution in [0, 0.1) is 23.7 Å². The van der Waals surface area contributed by atoms with Gasteiger partial charge in [0, 0.05) is 61.8 Å². The van der Waals surface area contributed by atoms with Crippen LogP contribution < -0.4 is 0 Å². The van der Waals surface area contributed by atoms with Crippen molar-refractivity contribution in [2.24, 2.45) is 0 Å². The molecule has 0 bridgehead atoms. The standard InChI is InChI=1S/C20H14N2O3S.C19H17NOS2.C6H9NO3S.C4H7NOS/c1-26-22-16(12-11-13-7-3-2-4-8-13)17(20(22)25)21-18(23)14-9-5-6-10-15(14)19(21)24;1-22-20-17(13-12-15-8-4-2-5-9-15)18(19(20)21)23-14-16-10-6-3-7-11-16;1-4(8)10-6-3-5(9)7(6)11-2;1-7-5-3-2-4(5)6/h2-10,16-17H,1H3;2-11,17-18H,14H2,1H3;6H,3H2,1-2H3;2-3H2,1H3/t16-,17+;17-,18-;;/m00../s1. The lowest BCUT2D eigenvalue weighted by Gasteiger charge is -2.45. The van der Waals surface area contributed by atoms with Crippen LogP contribution in [-0.2, 0) is 34.5 Å². The van der Waals surface area contributed by atoms with Gasteiger partial charge in [0.1, 0.15) is 17.3 Å². The van der Waals surface area contributed by atoms with E-state index in [0.29, 0.717) is 17.5 Å².